The predicted molar refractivity (Wildman–Crippen MR) is 77.5 cm³/mol. The highest BCUT2D eigenvalue weighted by Gasteiger charge is 2.27. The van der Waals surface area contributed by atoms with Crippen molar-refractivity contribution in [2.24, 2.45) is 0 Å². The molecule has 1 aliphatic rings. The van der Waals surface area contributed by atoms with Crippen LogP contribution in [0.4, 0.5) is 5.82 Å². The van der Waals surface area contributed by atoms with Crippen molar-refractivity contribution in [2.75, 3.05) is 13.2 Å². The minimum atomic E-state index is -0.513. The number of unbranched alkanes of at least 4 members (excludes halogenated alkanes) is 5. The fourth-order valence-corrected chi connectivity index (χ4v) is 2.39. The van der Waals surface area contributed by atoms with Gasteiger partial charge in [-0.05, 0) is 11.3 Å². The minimum Gasteiger partial charge on any atom is -0.443 e. The van der Waals surface area contributed by atoms with Gasteiger partial charge in [0.05, 0.1) is 6.54 Å². The third-order valence-corrected chi connectivity index (χ3v) is 3.56. The minimum absolute atomic E-state index is 0.0538. The number of rotatable bonds is 9. The summed E-state index contributed by atoms with van der Waals surface area (Å²) in [5.74, 6) is -0.179. The lowest BCUT2D eigenvalue weighted by atomic mass is 10.1. The maximum absolute atomic E-state index is 10.7. The fraction of sp³-hybridized carbons (Fsp3) is 0.786. The predicted octanol–water partition coefficient (Wildman–Crippen LogP) is 2.93. The van der Waals surface area contributed by atoms with E-state index in [4.69, 9.17) is 9.47 Å². The van der Waals surface area contributed by atoms with Gasteiger partial charge in [0.2, 0.25) is 0 Å². The molecule has 1 aliphatic heterocycles. The van der Waals surface area contributed by atoms with Crippen LogP contribution in [0.15, 0.2) is 6.20 Å². The van der Waals surface area contributed by atoms with E-state index in [-0.39, 0.29) is 11.9 Å². The molecule has 0 N–H and O–H groups in total. The molecule has 0 saturated heterocycles. The molecule has 7 heteroatoms. The Hall–Kier alpha value is -1.63. The van der Waals surface area contributed by atoms with Crippen LogP contribution >= 0.6 is 0 Å². The summed E-state index contributed by atoms with van der Waals surface area (Å²) in [4.78, 5) is 14.0. The quantitative estimate of drug-likeness (QED) is 0.398. The first kappa shape index (κ1) is 15.8. The molecule has 118 valence electrons. The lowest BCUT2D eigenvalue weighted by Gasteiger charge is -2.22. The molecule has 21 heavy (non-hydrogen) atoms. The number of aromatic nitrogens is 2. The normalized spacial score (nSPS) is 17.3. The molecule has 0 bridgehead atoms. The highest BCUT2D eigenvalue weighted by molar-refractivity contribution is 5.21. The zero-order valence-corrected chi connectivity index (χ0v) is 12.5. The molecule has 0 amide bonds. The first-order valence-corrected chi connectivity index (χ1v) is 7.66. The van der Waals surface area contributed by atoms with Crippen LogP contribution in [0.1, 0.15) is 45.4 Å². The number of hydrogen-bond acceptors (Lipinski definition) is 5. The Bertz CT molecular complexity index is 461. The van der Waals surface area contributed by atoms with Crippen molar-refractivity contribution in [1.82, 2.24) is 9.55 Å². The van der Waals surface area contributed by atoms with Gasteiger partial charge >= 0.3 is 11.8 Å². The molecule has 0 unspecified atom stereocenters. The van der Waals surface area contributed by atoms with Crippen molar-refractivity contribution in [3.8, 4) is 6.01 Å². The van der Waals surface area contributed by atoms with Gasteiger partial charge in [-0.25, -0.2) is 0 Å². The van der Waals surface area contributed by atoms with E-state index in [1.165, 1.54) is 38.3 Å². The Balaban J connectivity index is 1.66. The summed E-state index contributed by atoms with van der Waals surface area (Å²) >= 11 is 0. The number of fused-ring (bicyclic) bond motifs is 1. The van der Waals surface area contributed by atoms with Crippen molar-refractivity contribution in [2.45, 2.75) is 58.1 Å². The van der Waals surface area contributed by atoms with Crippen molar-refractivity contribution in [3.05, 3.63) is 16.3 Å². The Morgan fingerprint density at radius 2 is 2.19 bits per heavy atom. The van der Waals surface area contributed by atoms with Gasteiger partial charge in [-0.1, -0.05) is 39.0 Å². The van der Waals surface area contributed by atoms with Gasteiger partial charge in [0.25, 0.3) is 0 Å². The zero-order valence-electron chi connectivity index (χ0n) is 12.5. The Morgan fingerprint density at radius 1 is 1.43 bits per heavy atom. The first-order valence-electron chi connectivity index (χ1n) is 7.66. The van der Waals surface area contributed by atoms with Crippen molar-refractivity contribution in [1.29, 1.82) is 0 Å². The van der Waals surface area contributed by atoms with Gasteiger partial charge in [-0.15, -0.1) is 0 Å². The van der Waals surface area contributed by atoms with E-state index in [1.54, 1.807) is 4.57 Å². The van der Waals surface area contributed by atoms with Crippen LogP contribution in [0.25, 0.3) is 0 Å². The van der Waals surface area contributed by atoms with Gasteiger partial charge in [0, 0.05) is 11.6 Å². The van der Waals surface area contributed by atoms with Gasteiger partial charge < -0.3 is 19.6 Å². The summed E-state index contributed by atoms with van der Waals surface area (Å²) in [5, 5.41) is 10.7. The van der Waals surface area contributed by atoms with Crippen LogP contribution in [0.2, 0.25) is 0 Å². The third-order valence-electron chi connectivity index (χ3n) is 3.56. The number of ether oxygens (including phenoxy) is 2. The summed E-state index contributed by atoms with van der Waals surface area (Å²) in [6.45, 7) is 3.89. The molecule has 7 nitrogen and oxygen atoms in total. The standard InChI is InChI=1S/C14H23N3O4/c1-2-3-4-5-6-7-8-20-12-9-16-10-13(17(18)19)15-14(16)21-11-12/h10,12H,2-9,11H2,1H3/t12-/m0/s1. The summed E-state index contributed by atoms with van der Waals surface area (Å²) in [6, 6.07) is 0.307. The average molecular weight is 297 g/mol. The molecule has 2 rings (SSSR count). The number of nitrogens with zero attached hydrogens (tertiary/aromatic N) is 3. The molecule has 0 fully saturated rings. The topological polar surface area (TPSA) is 79.4 Å². The number of imidazole rings is 1. The zero-order chi connectivity index (χ0) is 15.1. The van der Waals surface area contributed by atoms with Crippen LogP contribution in [0.3, 0.4) is 0 Å². The maximum atomic E-state index is 10.7. The van der Waals surface area contributed by atoms with E-state index in [0.717, 1.165) is 6.42 Å². The van der Waals surface area contributed by atoms with E-state index in [0.29, 0.717) is 25.8 Å². The summed E-state index contributed by atoms with van der Waals surface area (Å²) in [6.07, 6.45) is 8.71. The van der Waals surface area contributed by atoms with E-state index in [1.807, 2.05) is 0 Å². The lowest BCUT2D eigenvalue weighted by Crippen LogP contribution is -2.32. The Kier molecular flexibility index (Phi) is 5.98. The SMILES string of the molecule is CCCCCCCCO[C@@H]1COc2nc([N+](=O)[O-])cn2C1. The van der Waals surface area contributed by atoms with Crippen LogP contribution < -0.4 is 4.74 Å². The van der Waals surface area contributed by atoms with Crippen LogP contribution in [-0.4, -0.2) is 33.8 Å². The van der Waals surface area contributed by atoms with Gasteiger partial charge in [-0.3, -0.25) is 4.57 Å². The fourth-order valence-electron chi connectivity index (χ4n) is 2.39. The van der Waals surface area contributed by atoms with Crippen LogP contribution in [-0.2, 0) is 11.3 Å². The molecule has 0 saturated carbocycles. The van der Waals surface area contributed by atoms with E-state index in [9.17, 15) is 10.1 Å². The number of nitro groups is 1. The van der Waals surface area contributed by atoms with Gasteiger partial charge in [0.1, 0.15) is 18.9 Å². The molecular weight excluding hydrogens is 274 g/mol. The number of hydrogen-bond donors (Lipinski definition) is 0. The summed E-state index contributed by atoms with van der Waals surface area (Å²) in [7, 11) is 0. The molecule has 1 aromatic rings. The van der Waals surface area contributed by atoms with Crippen LogP contribution in [0.5, 0.6) is 6.01 Å². The second-order valence-electron chi connectivity index (χ2n) is 5.36. The third kappa shape index (κ3) is 4.70. The second-order valence-corrected chi connectivity index (χ2v) is 5.36. The monoisotopic (exact) mass is 297 g/mol. The Morgan fingerprint density at radius 3 is 2.95 bits per heavy atom. The van der Waals surface area contributed by atoms with Crippen LogP contribution in [0, 0.1) is 10.1 Å². The molecule has 0 aromatic carbocycles. The average Bonchev–Trinajstić information content (AvgIpc) is 2.90. The van der Waals surface area contributed by atoms with E-state index < -0.39 is 4.92 Å². The molecule has 0 radical (unpaired) electrons. The smallest absolute Gasteiger partial charge is 0.414 e. The molecule has 0 spiro atoms. The largest absolute Gasteiger partial charge is 0.443 e. The second kappa shape index (κ2) is 7.97. The van der Waals surface area contributed by atoms with Crippen molar-refractivity contribution in [3.63, 3.8) is 0 Å². The summed E-state index contributed by atoms with van der Waals surface area (Å²) < 4.78 is 12.8. The molecule has 2 heterocycles. The van der Waals surface area contributed by atoms with E-state index >= 15 is 0 Å². The van der Waals surface area contributed by atoms with E-state index in [2.05, 4.69) is 11.9 Å². The molecule has 1 aromatic heterocycles. The van der Waals surface area contributed by atoms with Gasteiger partial charge in [0.15, 0.2) is 0 Å². The maximum Gasteiger partial charge on any atom is 0.414 e. The Labute approximate surface area is 124 Å². The molecular formula is C14H23N3O4. The van der Waals surface area contributed by atoms with Crippen molar-refractivity contribution >= 4 is 5.82 Å². The molecule has 0 aliphatic carbocycles. The highest BCUT2D eigenvalue weighted by atomic mass is 16.6. The molecule has 1 atom stereocenters. The highest BCUT2D eigenvalue weighted by Crippen LogP contribution is 2.22. The van der Waals surface area contributed by atoms with Gasteiger partial charge in [-0.2, -0.15) is 0 Å². The first-order chi connectivity index (χ1) is 10.2. The summed E-state index contributed by atoms with van der Waals surface area (Å²) in [5.41, 5.74) is 0. The lowest BCUT2D eigenvalue weighted by molar-refractivity contribution is -0.389. The van der Waals surface area contributed by atoms with Crippen molar-refractivity contribution < 1.29 is 14.4 Å².